The van der Waals surface area contributed by atoms with Crippen LogP contribution in [0, 0.1) is 28.6 Å². The van der Waals surface area contributed by atoms with E-state index in [1.807, 2.05) is 34.6 Å². The Labute approximate surface area is 190 Å². The monoisotopic (exact) mass is 447 g/mol. The van der Waals surface area contributed by atoms with Crippen molar-refractivity contribution in [1.29, 1.82) is 5.26 Å². The Bertz CT molecular complexity index is 791. The van der Waals surface area contributed by atoms with Crippen molar-refractivity contribution in [1.82, 2.24) is 21.3 Å². The normalized spacial score (nSPS) is 22.7. The zero-order valence-electron chi connectivity index (χ0n) is 20.0. The van der Waals surface area contributed by atoms with E-state index in [9.17, 15) is 24.4 Å². The van der Waals surface area contributed by atoms with Gasteiger partial charge in [0.15, 0.2) is 0 Å². The van der Waals surface area contributed by atoms with Crippen LogP contribution in [0.15, 0.2) is 0 Å². The number of nitriles is 1. The predicted octanol–water partition coefficient (Wildman–Crippen LogP) is 1.14. The van der Waals surface area contributed by atoms with Gasteiger partial charge in [0, 0.05) is 18.4 Å². The third-order valence-corrected chi connectivity index (χ3v) is 5.96. The van der Waals surface area contributed by atoms with Gasteiger partial charge in [-0.2, -0.15) is 5.26 Å². The van der Waals surface area contributed by atoms with E-state index in [1.165, 1.54) is 6.92 Å². The molecule has 2 fully saturated rings. The minimum Gasteiger partial charge on any atom is -0.351 e. The molecule has 0 radical (unpaired) electrons. The fraction of sp³-hybridized carbons (Fsp3) is 0.783. The zero-order valence-corrected chi connectivity index (χ0v) is 20.0. The van der Waals surface area contributed by atoms with Crippen LogP contribution in [0.4, 0.5) is 0 Å². The molecule has 9 heteroatoms. The van der Waals surface area contributed by atoms with Crippen LogP contribution < -0.4 is 21.3 Å². The van der Waals surface area contributed by atoms with E-state index in [0.29, 0.717) is 18.8 Å². The largest absolute Gasteiger partial charge is 0.351 e. The molecule has 178 valence electrons. The first kappa shape index (κ1) is 25.6. The highest BCUT2D eigenvalue weighted by Crippen LogP contribution is 2.34. The van der Waals surface area contributed by atoms with Crippen molar-refractivity contribution in [3.05, 3.63) is 0 Å². The average Bonchev–Trinajstić information content (AvgIpc) is 3.41. The van der Waals surface area contributed by atoms with Crippen molar-refractivity contribution in [3.63, 3.8) is 0 Å². The minimum absolute atomic E-state index is 0.115. The summed E-state index contributed by atoms with van der Waals surface area (Å²) < 4.78 is 0. The Hall–Kier alpha value is -2.63. The number of carbonyl (C=O) groups is 4. The predicted molar refractivity (Wildman–Crippen MR) is 119 cm³/mol. The molecule has 1 heterocycles. The maximum absolute atomic E-state index is 13.0. The smallest absolute Gasteiger partial charge is 0.243 e. The summed E-state index contributed by atoms with van der Waals surface area (Å²) in [7, 11) is 0. The summed E-state index contributed by atoms with van der Waals surface area (Å²) in [6.07, 6.45) is 3.27. The molecule has 0 spiro atoms. The first-order chi connectivity index (χ1) is 14.7. The molecular weight excluding hydrogens is 410 g/mol. The number of nitrogens with one attached hydrogen (secondary N) is 4. The minimum atomic E-state index is -0.834. The number of nitrogens with zero attached hydrogens (tertiary/aromatic N) is 1. The van der Waals surface area contributed by atoms with Gasteiger partial charge in [0.1, 0.15) is 18.1 Å². The second kappa shape index (κ2) is 9.88. The van der Waals surface area contributed by atoms with Crippen molar-refractivity contribution in [3.8, 4) is 6.07 Å². The van der Waals surface area contributed by atoms with Crippen LogP contribution in [-0.2, 0) is 19.2 Å². The van der Waals surface area contributed by atoms with Gasteiger partial charge in [-0.05, 0) is 44.4 Å². The Morgan fingerprint density at radius 2 is 1.75 bits per heavy atom. The van der Waals surface area contributed by atoms with Crippen molar-refractivity contribution >= 4 is 23.6 Å². The number of hydrogen-bond donors (Lipinski definition) is 4. The molecule has 2 aliphatic rings. The third-order valence-electron chi connectivity index (χ3n) is 5.96. The van der Waals surface area contributed by atoms with Crippen LogP contribution in [0.5, 0.6) is 0 Å². The Morgan fingerprint density at radius 1 is 1.12 bits per heavy atom. The van der Waals surface area contributed by atoms with Crippen LogP contribution in [-0.4, -0.2) is 47.3 Å². The van der Waals surface area contributed by atoms with Crippen molar-refractivity contribution in [2.75, 3.05) is 0 Å². The molecule has 4 atom stereocenters. The Kier molecular flexibility index (Phi) is 7.92. The van der Waals surface area contributed by atoms with Crippen LogP contribution in [0.25, 0.3) is 0 Å². The van der Waals surface area contributed by atoms with Gasteiger partial charge in [-0.3, -0.25) is 19.2 Å². The summed E-state index contributed by atoms with van der Waals surface area (Å²) in [6.45, 7) is 10.7. The Balaban J connectivity index is 2.06. The summed E-state index contributed by atoms with van der Waals surface area (Å²) in [5, 5.41) is 20.6. The highest BCUT2D eigenvalue weighted by molar-refractivity contribution is 5.92. The molecule has 0 bridgehead atoms. The maximum Gasteiger partial charge on any atom is 0.243 e. The maximum atomic E-state index is 13.0. The van der Waals surface area contributed by atoms with Gasteiger partial charge in [0.05, 0.1) is 6.07 Å². The van der Waals surface area contributed by atoms with E-state index in [0.717, 1.165) is 12.8 Å². The molecule has 1 aliphatic carbocycles. The van der Waals surface area contributed by atoms with Crippen LogP contribution >= 0.6 is 0 Å². The van der Waals surface area contributed by atoms with Crippen LogP contribution in [0.3, 0.4) is 0 Å². The third kappa shape index (κ3) is 7.50. The van der Waals surface area contributed by atoms with Crippen LogP contribution in [0.2, 0.25) is 0 Å². The molecule has 1 saturated heterocycles. The summed E-state index contributed by atoms with van der Waals surface area (Å²) in [5.41, 5.74) is -0.881. The van der Waals surface area contributed by atoms with E-state index in [4.69, 9.17) is 0 Å². The summed E-state index contributed by atoms with van der Waals surface area (Å²) in [4.78, 5) is 49.8. The lowest BCUT2D eigenvalue weighted by atomic mass is 9.85. The highest BCUT2D eigenvalue weighted by atomic mass is 16.2. The van der Waals surface area contributed by atoms with Gasteiger partial charge in [-0.25, -0.2) is 0 Å². The second-order valence-corrected chi connectivity index (χ2v) is 10.9. The topological polar surface area (TPSA) is 140 Å². The molecule has 1 saturated carbocycles. The number of amides is 4. The van der Waals surface area contributed by atoms with E-state index in [2.05, 4.69) is 27.3 Å². The highest BCUT2D eigenvalue weighted by Gasteiger charge is 2.40. The van der Waals surface area contributed by atoms with Crippen LogP contribution in [0.1, 0.15) is 73.6 Å². The summed E-state index contributed by atoms with van der Waals surface area (Å²) >= 11 is 0. The molecule has 4 N–H and O–H groups in total. The van der Waals surface area contributed by atoms with Gasteiger partial charge in [0.25, 0.3) is 0 Å². The molecule has 0 aromatic heterocycles. The number of hydrogen-bond acceptors (Lipinski definition) is 5. The lowest BCUT2D eigenvalue weighted by Gasteiger charge is -2.31. The summed E-state index contributed by atoms with van der Waals surface area (Å²) in [6, 6.07) is -0.365. The number of rotatable bonds is 9. The lowest BCUT2D eigenvalue weighted by Crippen LogP contribution is -2.58. The van der Waals surface area contributed by atoms with Crippen molar-refractivity contribution in [2.45, 2.75) is 97.3 Å². The first-order valence-corrected chi connectivity index (χ1v) is 11.3. The molecule has 2 rings (SSSR count). The molecule has 0 unspecified atom stereocenters. The molecular formula is C23H37N5O4. The van der Waals surface area contributed by atoms with Gasteiger partial charge >= 0.3 is 0 Å². The number of carbonyl (C=O) groups excluding carboxylic acids is 4. The summed E-state index contributed by atoms with van der Waals surface area (Å²) in [5.74, 6) is -1.32. The molecule has 0 aromatic rings. The molecule has 4 amide bonds. The van der Waals surface area contributed by atoms with E-state index in [1.54, 1.807) is 0 Å². The average molecular weight is 448 g/mol. The molecule has 32 heavy (non-hydrogen) atoms. The van der Waals surface area contributed by atoms with Crippen molar-refractivity contribution < 1.29 is 19.2 Å². The van der Waals surface area contributed by atoms with Gasteiger partial charge in [0.2, 0.25) is 23.6 Å². The SMILES string of the molecule is CC(=O)N[C@H](C(=O)N[C@@H](CC1CC1)C(=O)N[C@H](C#N)C[C@@H]1CC(C)(C)NC1=O)C(C)(C)C. The fourth-order valence-electron chi connectivity index (χ4n) is 4.14. The van der Waals surface area contributed by atoms with E-state index >= 15 is 0 Å². The standard InChI is InChI=1S/C23H37N5O4/c1-13(29)25-18(22(2,3)4)21(32)27-17(9-14-7-8-14)20(31)26-16(12-24)10-15-11-23(5,6)28-19(15)30/h14-18H,7-11H2,1-6H3,(H,25,29)(H,26,31)(H,27,32)(H,28,30)/t15-,16+,17+,18-/m1/s1. The first-order valence-electron chi connectivity index (χ1n) is 11.3. The second-order valence-electron chi connectivity index (χ2n) is 10.9. The quantitative estimate of drug-likeness (QED) is 0.419. The fourth-order valence-corrected chi connectivity index (χ4v) is 4.14. The zero-order chi connectivity index (χ0) is 24.3. The van der Waals surface area contributed by atoms with E-state index in [-0.39, 0.29) is 29.7 Å². The van der Waals surface area contributed by atoms with Crippen molar-refractivity contribution in [2.24, 2.45) is 17.3 Å². The Morgan fingerprint density at radius 3 is 2.19 bits per heavy atom. The van der Waals surface area contributed by atoms with Gasteiger partial charge in [-0.1, -0.05) is 33.6 Å². The molecule has 1 aliphatic heterocycles. The molecule has 9 nitrogen and oxygen atoms in total. The molecule has 0 aromatic carbocycles. The lowest BCUT2D eigenvalue weighted by molar-refractivity contribution is -0.134. The van der Waals surface area contributed by atoms with Gasteiger partial charge in [-0.15, -0.1) is 0 Å². The van der Waals surface area contributed by atoms with Gasteiger partial charge < -0.3 is 21.3 Å². The van der Waals surface area contributed by atoms with E-state index < -0.39 is 35.4 Å².